The fraction of sp³-hybridized carbons (Fsp3) is 0.457. The maximum atomic E-state index is 14.0. The quantitative estimate of drug-likeness (QED) is 0.290. The van der Waals surface area contributed by atoms with Gasteiger partial charge in [-0.3, -0.25) is 23.9 Å². The van der Waals surface area contributed by atoms with Crippen molar-refractivity contribution in [1.82, 2.24) is 35.9 Å². The molecule has 3 aliphatic rings. The fourth-order valence-electron chi connectivity index (χ4n) is 5.86. The van der Waals surface area contributed by atoms with E-state index in [0.29, 0.717) is 37.4 Å². The smallest absolute Gasteiger partial charge is 0.264 e. The van der Waals surface area contributed by atoms with Gasteiger partial charge < -0.3 is 35.6 Å². The lowest BCUT2D eigenvalue weighted by atomic mass is 9.89. The molecule has 4 N–H and O–H groups in total. The highest BCUT2D eigenvalue weighted by Crippen LogP contribution is 2.31. The first-order valence-corrected chi connectivity index (χ1v) is 16.6. The maximum absolute atomic E-state index is 14.0. The van der Waals surface area contributed by atoms with E-state index in [-0.39, 0.29) is 25.5 Å². The van der Waals surface area contributed by atoms with Crippen LogP contribution in [0.25, 0.3) is 0 Å². The van der Waals surface area contributed by atoms with Gasteiger partial charge in [-0.1, -0.05) is 30.3 Å². The summed E-state index contributed by atoms with van der Waals surface area (Å²) in [7, 11) is 0. The Morgan fingerprint density at radius 1 is 0.812 bits per heavy atom. The Morgan fingerprint density at radius 2 is 1.52 bits per heavy atom. The van der Waals surface area contributed by atoms with Crippen LogP contribution in [-0.2, 0) is 32.1 Å². The minimum absolute atomic E-state index is 0.195. The summed E-state index contributed by atoms with van der Waals surface area (Å²) in [4.78, 5) is 55.9. The molecule has 3 aliphatic heterocycles. The lowest BCUT2D eigenvalue weighted by Gasteiger charge is -2.41. The number of hydrogen-bond donors (Lipinski definition) is 4. The van der Waals surface area contributed by atoms with E-state index in [1.54, 1.807) is 44.3 Å². The molecule has 6 rings (SSSR count). The van der Waals surface area contributed by atoms with Crippen molar-refractivity contribution in [3.8, 4) is 11.5 Å². The summed E-state index contributed by atoms with van der Waals surface area (Å²) in [5.41, 5.74) is -0.385. The molecular formula is C35H45N7O6. The molecule has 0 aliphatic carbocycles. The van der Waals surface area contributed by atoms with E-state index in [9.17, 15) is 19.2 Å². The van der Waals surface area contributed by atoms with E-state index in [4.69, 9.17) is 9.47 Å². The predicted octanol–water partition coefficient (Wildman–Crippen LogP) is 1.43. The van der Waals surface area contributed by atoms with Crippen LogP contribution in [0, 0.1) is 0 Å². The van der Waals surface area contributed by atoms with E-state index < -0.39 is 41.4 Å². The molecular weight excluding hydrogens is 614 g/mol. The van der Waals surface area contributed by atoms with E-state index in [1.807, 2.05) is 47.3 Å². The highest BCUT2D eigenvalue weighted by atomic mass is 16.5. The van der Waals surface area contributed by atoms with Crippen LogP contribution < -0.4 is 30.7 Å². The number of nitrogens with zero attached hydrogens (tertiary/aromatic N) is 3. The minimum Gasteiger partial charge on any atom is -0.492 e. The van der Waals surface area contributed by atoms with Gasteiger partial charge in [-0.2, -0.15) is 5.10 Å². The third-order valence-corrected chi connectivity index (χ3v) is 8.71. The van der Waals surface area contributed by atoms with Crippen molar-refractivity contribution in [2.45, 2.75) is 69.8 Å². The number of likely N-dealkylation sites (tertiary alicyclic amines) is 1. The van der Waals surface area contributed by atoms with Crippen molar-refractivity contribution in [2.75, 3.05) is 32.8 Å². The third kappa shape index (κ3) is 9.34. The van der Waals surface area contributed by atoms with Gasteiger partial charge in [0.05, 0.1) is 6.54 Å². The van der Waals surface area contributed by atoms with Crippen LogP contribution in [0.1, 0.15) is 38.7 Å². The molecule has 4 amide bonds. The van der Waals surface area contributed by atoms with Crippen LogP contribution in [0.3, 0.4) is 0 Å². The first-order valence-electron chi connectivity index (χ1n) is 16.6. The van der Waals surface area contributed by atoms with Gasteiger partial charge in [-0.05, 0) is 62.7 Å². The zero-order valence-electron chi connectivity index (χ0n) is 27.5. The zero-order valence-corrected chi connectivity index (χ0v) is 27.5. The number of amides is 4. The number of nitrogens with one attached hydrogen (secondary N) is 4. The Labute approximate surface area is 280 Å². The number of rotatable bonds is 6. The molecule has 13 heteroatoms. The second-order valence-corrected chi connectivity index (χ2v) is 12.3. The van der Waals surface area contributed by atoms with Crippen LogP contribution in [0.2, 0.25) is 0 Å². The second kappa shape index (κ2) is 16.3. The van der Waals surface area contributed by atoms with Crippen molar-refractivity contribution in [3.63, 3.8) is 0 Å². The summed E-state index contributed by atoms with van der Waals surface area (Å²) >= 11 is 0. The van der Waals surface area contributed by atoms with Crippen molar-refractivity contribution in [2.24, 2.45) is 0 Å². The molecule has 13 nitrogen and oxygen atoms in total. The molecule has 2 bridgehead atoms. The Hall–Kier alpha value is -4.91. The van der Waals surface area contributed by atoms with Crippen molar-refractivity contribution in [3.05, 3.63) is 78.6 Å². The number of hydrogen-bond acceptors (Lipinski definition) is 8. The number of carbonyl (C=O) groups excluding carboxylic acids is 4. The molecule has 1 fully saturated rings. The Morgan fingerprint density at radius 3 is 2.23 bits per heavy atom. The standard InChI is InChI=1S/C35H45N7O6/c1-25-31(43)36-17-23-47-28-10-12-29(13-11-28)48-35(14-21-41(22-15-35)18-7-20-42-19-6-16-37-42)34(46)39-26(2)32(44)40-30(33(45)38-25)24-27-8-4-3-5-9-27/h3-6,8-13,16,19,25-26,30H,7,14-15,17-18,20-24H2,1-2H3,(H,36,43)(H,38,45)(H,39,46)(H,40,44)/t25-,26-,30-/m0/s1. The number of piperidine rings is 1. The van der Waals surface area contributed by atoms with Crippen LogP contribution >= 0.6 is 0 Å². The predicted molar refractivity (Wildman–Crippen MR) is 178 cm³/mol. The molecule has 256 valence electrons. The molecule has 3 atom stereocenters. The molecule has 4 heterocycles. The highest BCUT2D eigenvalue weighted by Gasteiger charge is 2.45. The van der Waals surface area contributed by atoms with Gasteiger partial charge in [0, 0.05) is 51.3 Å². The number of carbonyl (C=O) groups is 4. The molecule has 0 unspecified atom stereocenters. The average Bonchev–Trinajstić information content (AvgIpc) is 3.61. The summed E-state index contributed by atoms with van der Waals surface area (Å²) < 4.78 is 14.2. The van der Waals surface area contributed by atoms with Gasteiger partial charge in [0.15, 0.2) is 5.60 Å². The van der Waals surface area contributed by atoms with Gasteiger partial charge >= 0.3 is 0 Å². The normalized spacial score (nSPS) is 22.8. The summed E-state index contributed by atoms with van der Waals surface area (Å²) in [5, 5.41) is 15.4. The number of benzene rings is 2. The van der Waals surface area contributed by atoms with E-state index >= 15 is 0 Å². The minimum atomic E-state index is -1.21. The van der Waals surface area contributed by atoms with Gasteiger partial charge in [-0.15, -0.1) is 0 Å². The first-order chi connectivity index (χ1) is 23.2. The topological polar surface area (TPSA) is 156 Å². The van der Waals surface area contributed by atoms with E-state index in [1.165, 1.54) is 0 Å². The Balaban J connectivity index is 1.33. The molecule has 1 aromatic heterocycles. The fourth-order valence-corrected chi connectivity index (χ4v) is 5.86. The molecule has 1 spiro atoms. The van der Waals surface area contributed by atoms with Crippen molar-refractivity contribution < 1.29 is 28.7 Å². The average molecular weight is 660 g/mol. The lowest BCUT2D eigenvalue weighted by Crippen LogP contribution is -2.61. The van der Waals surface area contributed by atoms with Gasteiger partial charge in [-0.25, -0.2) is 0 Å². The monoisotopic (exact) mass is 659 g/mol. The molecule has 2 aromatic carbocycles. The Kier molecular flexibility index (Phi) is 11.7. The highest BCUT2D eigenvalue weighted by molar-refractivity contribution is 5.95. The summed E-state index contributed by atoms with van der Waals surface area (Å²) in [6, 6.07) is 15.3. The summed E-state index contributed by atoms with van der Waals surface area (Å²) in [5.74, 6) is -0.753. The Bertz CT molecular complexity index is 1510. The number of aryl methyl sites for hydroxylation is 1. The molecule has 48 heavy (non-hydrogen) atoms. The van der Waals surface area contributed by atoms with Crippen LogP contribution in [0.4, 0.5) is 0 Å². The first kappa shape index (κ1) is 34.4. The lowest BCUT2D eigenvalue weighted by molar-refractivity contribution is -0.144. The van der Waals surface area contributed by atoms with Gasteiger partial charge in [0.25, 0.3) is 5.91 Å². The maximum Gasteiger partial charge on any atom is 0.264 e. The third-order valence-electron chi connectivity index (χ3n) is 8.71. The molecule has 1 saturated heterocycles. The van der Waals surface area contributed by atoms with Gasteiger partial charge in [0.2, 0.25) is 17.7 Å². The SMILES string of the molecule is C[C@@H]1NC(=O)[C@H](Cc2ccccc2)NC(=O)[C@H](C)NC(=O)C2(CCN(CCCn3cccn3)CC2)Oc2ccc(cc2)OCCNC1=O. The van der Waals surface area contributed by atoms with Gasteiger partial charge in [0.1, 0.15) is 36.2 Å². The van der Waals surface area contributed by atoms with Crippen LogP contribution in [0.5, 0.6) is 11.5 Å². The number of fused-ring (bicyclic) bond motifs is 15. The second-order valence-electron chi connectivity index (χ2n) is 12.3. The number of ether oxygens (including phenoxy) is 2. The largest absolute Gasteiger partial charge is 0.492 e. The van der Waals surface area contributed by atoms with E-state index in [2.05, 4.69) is 31.3 Å². The molecule has 3 aromatic rings. The van der Waals surface area contributed by atoms with Crippen molar-refractivity contribution in [1.29, 1.82) is 0 Å². The van der Waals surface area contributed by atoms with Crippen LogP contribution in [0.15, 0.2) is 73.1 Å². The van der Waals surface area contributed by atoms with Crippen molar-refractivity contribution >= 4 is 23.6 Å². The molecule has 0 radical (unpaired) electrons. The van der Waals surface area contributed by atoms with Crippen LogP contribution in [-0.4, -0.2) is 94.8 Å². The number of aromatic nitrogens is 2. The summed E-state index contributed by atoms with van der Waals surface area (Å²) in [6.45, 7) is 6.52. The molecule has 0 saturated carbocycles. The zero-order chi connectivity index (χ0) is 33.9. The summed E-state index contributed by atoms with van der Waals surface area (Å²) in [6.07, 6.45) is 5.66. The van der Waals surface area contributed by atoms with E-state index in [0.717, 1.165) is 25.1 Å².